The van der Waals surface area contributed by atoms with Crippen LogP contribution in [0.2, 0.25) is 0 Å². The molecule has 1 aromatic carbocycles. The van der Waals surface area contributed by atoms with Crippen LogP contribution >= 0.6 is 0 Å². The molecule has 1 heterocycles. The number of benzene rings is 1. The molecule has 1 atom stereocenters. The fourth-order valence-electron chi connectivity index (χ4n) is 3.59. The van der Waals surface area contributed by atoms with Crippen molar-refractivity contribution in [2.45, 2.75) is 78.2 Å². The van der Waals surface area contributed by atoms with Gasteiger partial charge >= 0.3 is 0 Å². The standard InChI is InChI=1S/C21H34O2/c1-6-20(5,7-2)16-21(8-3,9-4)17-10-12-18(13-11-17)22-14-19-15-23-19/h10-13,19H,6-9,14-16H2,1-5H3. The van der Waals surface area contributed by atoms with Gasteiger partial charge in [-0.2, -0.15) is 0 Å². The Morgan fingerprint density at radius 3 is 2.00 bits per heavy atom. The van der Waals surface area contributed by atoms with Crippen molar-refractivity contribution in [2.24, 2.45) is 5.41 Å². The second-order valence-electron chi connectivity index (χ2n) is 7.47. The Balaban J connectivity index is 2.14. The zero-order valence-electron chi connectivity index (χ0n) is 15.7. The third-order valence-corrected chi connectivity index (χ3v) is 6.13. The first-order valence-corrected chi connectivity index (χ1v) is 9.35. The molecule has 0 radical (unpaired) electrons. The van der Waals surface area contributed by atoms with Gasteiger partial charge in [-0.25, -0.2) is 0 Å². The van der Waals surface area contributed by atoms with E-state index in [4.69, 9.17) is 9.47 Å². The van der Waals surface area contributed by atoms with Crippen molar-refractivity contribution in [3.05, 3.63) is 29.8 Å². The number of epoxide rings is 1. The lowest BCUT2D eigenvalue weighted by Gasteiger charge is -2.41. The Hall–Kier alpha value is -1.02. The van der Waals surface area contributed by atoms with Crippen molar-refractivity contribution in [3.8, 4) is 5.75 Å². The summed E-state index contributed by atoms with van der Waals surface area (Å²) in [6.45, 7) is 13.3. The zero-order chi connectivity index (χ0) is 16.9. The van der Waals surface area contributed by atoms with Gasteiger partial charge in [0.2, 0.25) is 0 Å². The predicted octanol–water partition coefficient (Wildman–Crippen LogP) is 5.74. The first kappa shape index (κ1) is 18.3. The molecule has 2 nitrogen and oxygen atoms in total. The summed E-state index contributed by atoms with van der Waals surface area (Å²) in [6, 6.07) is 8.82. The molecule has 2 heteroatoms. The Morgan fingerprint density at radius 2 is 1.57 bits per heavy atom. The third-order valence-electron chi connectivity index (χ3n) is 6.13. The lowest BCUT2D eigenvalue weighted by molar-refractivity contribution is 0.183. The highest BCUT2D eigenvalue weighted by molar-refractivity contribution is 5.33. The summed E-state index contributed by atoms with van der Waals surface area (Å²) in [6.07, 6.45) is 6.44. The molecule has 130 valence electrons. The molecular formula is C21H34O2. The molecule has 0 spiro atoms. The average molecular weight is 319 g/mol. The van der Waals surface area contributed by atoms with Crippen molar-refractivity contribution in [2.75, 3.05) is 13.2 Å². The molecule has 1 aromatic rings. The van der Waals surface area contributed by atoms with E-state index in [0.717, 1.165) is 12.4 Å². The largest absolute Gasteiger partial charge is 0.491 e. The van der Waals surface area contributed by atoms with E-state index < -0.39 is 0 Å². The van der Waals surface area contributed by atoms with Gasteiger partial charge in [0.1, 0.15) is 18.5 Å². The second-order valence-corrected chi connectivity index (χ2v) is 7.47. The quantitative estimate of drug-likeness (QED) is 0.513. The van der Waals surface area contributed by atoms with E-state index in [0.29, 0.717) is 18.1 Å². The van der Waals surface area contributed by atoms with Crippen LogP contribution in [0.15, 0.2) is 24.3 Å². The summed E-state index contributed by atoms with van der Waals surface area (Å²) in [5.74, 6) is 0.958. The third kappa shape index (κ3) is 4.50. The smallest absolute Gasteiger partial charge is 0.119 e. The first-order valence-electron chi connectivity index (χ1n) is 9.35. The summed E-state index contributed by atoms with van der Waals surface area (Å²) in [5, 5.41) is 0. The Labute approximate surface area is 142 Å². The van der Waals surface area contributed by atoms with E-state index in [9.17, 15) is 0 Å². The van der Waals surface area contributed by atoms with Crippen LogP contribution in [0, 0.1) is 5.41 Å². The molecular weight excluding hydrogens is 284 g/mol. The minimum absolute atomic E-state index is 0.277. The van der Waals surface area contributed by atoms with Gasteiger partial charge in [-0.1, -0.05) is 59.6 Å². The minimum atomic E-state index is 0.277. The van der Waals surface area contributed by atoms with E-state index in [1.54, 1.807) is 0 Å². The van der Waals surface area contributed by atoms with Crippen LogP contribution in [0.5, 0.6) is 5.75 Å². The molecule has 0 saturated carbocycles. The minimum Gasteiger partial charge on any atom is -0.491 e. The number of rotatable bonds is 10. The Morgan fingerprint density at radius 1 is 1.00 bits per heavy atom. The van der Waals surface area contributed by atoms with Crippen LogP contribution < -0.4 is 4.74 Å². The van der Waals surface area contributed by atoms with Crippen LogP contribution in [0.4, 0.5) is 0 Å². The molecule has 0 bridgehead atoms. The van der Waals surface area contributed by atoms with Crippen LogP contribution in [-0.4, -0.2) is 19.3 Å². The lowest BCUT2D eigenvalue weighted by atomic mass is 9.64. The van der Waals surface area contributed by atoms with Gasteiger partial charge in [-0.05, 0) is 47.8 Å². The van der Waals surface area contributed by atoms with E-state index in [-0.39, 0.29) is 5.41 Å². The van der Waals surface area contributed by atoms with E-state index >= 15 is 0 Å². The maximum atomic E-state index is 5.78. The molecule has 0 amide bonds. The maximum Gasteiger partial charge on any atom is 0.119 e. The van der Waals surface area contributed by atoms with Gasteiger partial charge in [0.25, 0.3) is 0 Å². The van der Waals surface area contributed by atoms with Crippen LogP contribution in [0.1, 0.15) is 72.3 Å². The lowest BCUT2D eigenvalue weighted by Crippen LogP contribution is -2.32. The monoisotopic (exact) mass is 318 g/mol. The number of hydrogen-bond donors (Lipinski definition) is 0. The van der Waals surface area contributed by atoms with Crippen molar-refractivity contribution in [1.82, 2.24) is 0 Å². The fourth-order valence-corrected chi connectivity index (χ4v) is 3.59. The fraction of sp³-hybridized carbons (Fsp3) is 0.714. The second kappa shape index (κ2) is 7.70. The highest BCUT2D eigenvalue weighted by Gasteiger charge is 2.35. The van der Waals surface area contributed by atoms with E-state index in [1.807, 2.05) is 0 Å². The molecule has 23 heavy (non-hydrogen) atoms. The first-order chi connectivity index (χ1) is 11.0. The van der Waals surface area contributed by atoms with Crippen LogP contribution in [0.25, 0.3) is 0 Å². The highest BCUT2D eigenvalue weighted by atomic mass is 16.6. The van der Waals surface area contributed by atoms with Crippen molar-refractivity contribution >= 4 is 0 Å². The van der Waals surface area contributed by atoms with Gasteiger partial charge in [0.05, 0.1) is 6.61 Å². The van der Waals surface area contributed by atoms with Crippen LogP contribution in [0.3, 0.4) is 0 Å². The summed E-state index contributed by atoms with van der Waals surface area (Å²) < 4.78 is 11.0. The van der Waals surface area contributed by atoms with Crippen molar-refractivity contribution < 1.29 is 9.47 Å². The SMILES string of the molecule is CCC(C)(CC)CC(CC)(CC)c1ccc(OCC2CO2)cc1. The number of hydrogen-bond acceptors (Lipinski definition) is 2. The summed E-state index contributed by atoms with van der Waals surface area (Å²) in [4.78, 5) is 0. The van der Waals surface area contributed by atoms with Crippen molar-refractivity contribution in [1.29, 1.82) is 0 Å². The van der Waals surface area contributed by atoms with E-state index in [1.165, 1.54) is 37.7 Å². The van der Waals surface area contributed by atoms with Gasteiger partial charge < -0.3 is 9.47 Å². The summed E-state index contributed by atoms with van der Waals surface area (Å²) >= 11 is 0. The predicted molar refractivity (Wildman–Crippen MR) is 97.2 cm³/mol. The van der Waals surface area contributed by atoms with Crippen LogP contribution in [-0.2, 0) is 10.2 Å². The molecule has 0 N–H and O–H groups in total. The molecule has 1 saturated heterocycles. The maximum absolute atomic E-state index is 5.78. The molecule has 1 fully saturated rings. The van der Waals surface area contributed by atoms with E-state index in [2.05, 4.69) is 58.9 Å². The summed E-state index contributed by atoms with van der Waals surface area (Å²) in [7, 11) is 0. The molecule has 1 aliphatic heterocycles. The Bertz CT molecular complexity index is 465. The van der Waals surface area contributed by atoms with Gasteiger partial charge in [-0.3, -0.25) is 0 Å². The van der Waals surface area contributed by atoms with Gasteiger partial charge in [0.15, 0.2) is 0 Å². The molecule has 0 aliphatic carbocycles. The van der Waals surface area contributed by atoms with Gasteiger partial charge in [-0.15, -0.1) is 0 Å². The van der Waals surface area contributed by atoms with Crippen molar-refractivity contribution in [3.63, 3.8) is 0 Å². The molecule has 1 aliphatic rings. The zero-order valence-corrected chi connectivity index (χ0v) is 15.7. The Kier molecular flexibility index (Phi) is 6.13. The average Bonchev–Trinajstić information content (AvgIpc) is 3.43. The molecule has 1 unspecified atom stereocenters. The molecule has 2 rings (SSSR count). The summed E-state index contributed by atoms with van der Waals surface area (Å²) in [5.41, 5.74) is 2.16. The normalized spacial score (nSPS) is 18.0. The highest BCUT2D eigenvalue weighted by Crippen LogP contribution is 2.45. The topological polar surface area (TPSA) is 21.8 Å². The number of ether oxygens (including phenoxy) is 2. The molecule has 0 aromatic heterocycles. The van der Waals surface area contributed by atoms with Gasteiger partial charge in [0, 0.05) is 0 Å².